The Labute approximate surface area is 156 Å². The number of piperidine rings is 1. The van der Waals surface area contributed by atoms with Gasteiger partial charge in [0, 0.05) is 12.1 Å². The van der Waals surface area contributed by atoms with E-state index in [0.29, 0.717) is 0 Å². The first-order valence-electron chi connectivity index (χ1n) is 9.38. The molecule has 0 spiro atoms. The summed E-state index contributed by atoms with van der Waals surface area (Å²) in [6.45, 7) is 9.62. The molecule has 5 nitrogen and oxygen atoms in total. The molecule has 2 fully saturated rings. The van der Waals surface area contributed by atoms with E-state index >= 15 is 0 Å². The van der Waals surface area contributed by atoms with Crippen molar-refractivity contribution in [2.45, 2.75) is 52.5 Å². The zero-order valence-electron chi connectivity index (χ0n) is 16.0. The fraction of sp³-hybridized carbons (Fsp3) is 0.524. The molecular formula is C21H29N3O2. The fourth-order valence-electron chi connectivity index (χ4n) is 2.92. The van der Waals surface area contributed by atoms with Crippen LogP contribution in [0, 0.1) is 11.8 Å². The number of hydrogen-bond acceptors (Lipinski definition) is 3. The lowest BCUT2D eigenvalue weighted by Gasteiger charge is -2.26. The highest BCUT2D eigenvalue weighted by atomic mass is 16.2. The highest BCUT2D eigenvalue weighted by molar-refractivity contribution is 6.05. The number of rotatable bonds is 5. The number of carbonyl (C=O) groups is 2. The van der Waals surface area contributed by atoms with Crippen LogP contribution in [0.1, 0.15) is 46.5 Å². The third-order valence-corrected chi connectivity index (χ3v) is 4.56. The molecule has 2 saturated heterocycles. The quantitative estimate of drug-likeness (QED) is 0.453. The molecule has 0 aromatic carbocycles. The Bertz CT molecular complexity index is 686. The Balaban J connectivity index is 2.10. The van der Waals surface area contributed by atoms with E-state index in [-0.39, 0.29) is 0 Å². The van der Waals surface area contributed by atoms with Gasteiger partial charge in [0.15, 0.2) is 6.04 Å². The normalized spacial score (nSPS) is 22.6. The summed E-state index contributed by atoms with van der Waals surface area (Å²) in [5.41, 5.74) is 3.35. The van der Waals surface area contributed by atoms with Crippen molar-refractivity contribution in [3.05, 3.63) is 34.9 Å². The molecule has 0 aromatic heterocycles. The zero-order valence-corrected chi connectivity index (χ0v) is 16.0. The number of nitrogens with zero attached hydrogens (tertiary/aromatic N) is 1. The van der Waals surface area contributed by atoms with Gasteiger partial charge in [-0.05, 0) is 58.4 Å². The minimum absolute atomic E-state index is 0.394. The first-order valence-corrected chi connectivity index (χ1v) is 9.38. The SMILES string of the molecule is CC/C(C)=C/C(C#CC1NC(=O)NC1=O)=C\C=C(/C)CN1CCCCC1. The molecule has 5 heteroatoms. The smallest absolute Gasteiger partial charge is 0.316 e. The summed E-state index contributed by atoms with van der Waals surface area (Å²) < 4.78 is 0. The number of carbonyl (C=O) groups excluding carboxylic acids is 2. The maximum Gasteiger partial charge on any atom is 0.322 e. The van der Waals surface area contributed by atoms with Crippen molar-refractivity contribution >= 4 is 11.9 Å². The van der Waals surface area contributed by atoms with Crippen LogP contribution in [0.25, 0.3) is 0 Å². The van der Waals surface area contributed by atoms with Crippen molar-refractivity contribution in [3.8, 4) is 11.8 Å². The van der Waals surface area contributed by atoms with E-state index in [9.17, 15) is 9.59 Å². The maximum atomic E-state index is 11.6. The van der Waals surface area contributed by atoms with Gasteiger partial charge in [-0.2, -0.15) is 0 Å². The van der Waals surface area contributed by atoms with Crippen LogP contribution in [0.5, 0.6) is 0 Å². The van der Waals surface area contributed by atoms with E-state index in [0.717, 1.165) is 18.5 Å². The van der Waals surface area contributed by atoms with Gasteiger partial charge in [-0.3, -0.25) is 15.0 Å². The second-order valence-electron chi connectivity index (χ2n) is 6.98. The molecule has 0 bridgehead atoms. The van der Waals surface area contributed by atoms with Crippen LogP contribution in [0.4, 0.5) is 4.79 Å². The van der Waals surface area contributed by atoms with Crippen molar-refractivity contribution in [1.29, 1.82) is 0 Å². The lowest BCUT2D eigenvalue weighted by atomic mass is 10.1. The zero-order chi connectivity index (χ0) is 18.9. The maximum absolute atomic E-state index is 11.6. The second-order valence-corrected chi connectivity index (χ2v) is 6.98. The predicted molar refractivity (Wildman–Crippen MR) is 104 cm³/mol. The number of imide groups is 1. The molecule has 2 heterocycles. The molecule has 26 heavy (non-hydrogen) atoms. The first kappa shape index (κ1) is 20.0. The average molecular weight is 355 g/mol. The summed E-state index contributed by atoms with van der Waals surface area (Å²) in [7, 11) is 0. The lowest BCUT2D eigenvalue weighted by Crippen LogP contribution is -2.31. The van der Waals surface area contributed by atoms with Crippen LogP contribution in [0.15, 0.2) is 34.9 Å². The third-order valence-electron chi connectivity index (χ3n) is 4.56. The molecule has 0 saturated carbocycles. The molecule has 2 N–H and O–H groups in total. The molecule has 2 aliphatic rings. The highest BCUT2D eigenvalue weighted by Gasteiger charge is 2.27. The molecule has 1 atom stereocenters. The summed E-state index contributed by atoms with van der Waals surface area (Å²) in [6.07, 6.45) is 11.0. The second kappa shape index (κ2) is 9.98. The fourth-order valence-corrected chi connectivity index (χ4v) is 2.92. The highest BCUT2D eigenvalue weighted by Crippen LogP contribution is 2.11. The molecule has 2 aliphatic heterocycles. The topological polar surface area (TPSA) is 61.4 Å². The number of nitrogens with one attached hydrogen (secondary N) is 2. The van der Waals surface area contributed by atoms with Gasteiger partial charge in [-0.15, -0.1) is 0 Å². The number of urea groups is 1. The van der Waals surface area contributed by atoms with Gasteiger partial charge in [-0.1, -0.05) is 42.4 Å². The Morgan fingerprint density at radius 1 is 1.15 bits per heavy atom. The Kier molecular flexibility index (Phi) is 7.68. The standard InChI is InChI=1S/C21H29N3O2/c1-4-16(2)14-18(10-11-19-20(25)23-21(26)22-19)9-8-17(3)15-24-12-6-5-7-13-24/h8-9,14,19H,4-7,12-13,15H2,1-3H3,(H2,22,23,25,26)/b16-14+,17-8+,18-9-. The van der Waals surface area contributed by atoms with Gasteiger partial charge in [0.25, 0.3) is 5.91 Å². The van der Waals surface area contributed by atoms with Crippen LogP contribution in [-0.2, 0) is 4.79 Å². The van der Waals surface area contributed by atoms with E-state index < -0.39 is 18.0 Å². The number of amides is 3. The summed E-state index contributed by atoms with van der Waals surface area (Å²) in [5.74, 6) is 5.49. The number of hydrogen-bond donors (Lipinski definition) is 2. The summed E-state index contributed by atoms with van der Waals surface area (Å²) in [6, 6.07) is -1.27. The monoisotopic (exact) mass is 355 g/mol. The van der Waals surface area contributed by atoms with E-state index in [1.165, 1.54) is 43.5 Å². The van der Waals surface area contributed by atoms with E-state index in [4.69, 9.17) is 0 Å². The molecule has 140 valence electrons. The summed E-state index contributed by atoms with van der Waals surface area (Å²) >= 11 is 0. The van der Waals surface area contributed by atoms with Gasteiger partial charge in [0.05, 0.1) is 0 Å². The molecule has 0 radical (unpaired) electrons. The van der Waals surface area contributed by atoms with Crippen molar-refractivity contribution in [2.75, 3.05) is 19.6 Å². The van der Waals surface area contributed by atoms with E-state index in [1.807, 2.05) is 12.2 Å². The molecular weight excluding hydrogens is 326 g/mol. The average Bonchev–Trinajstić information content (AvgIpc) is 2.95. The van der Waals surface area contributed by atoms with Crippen molar-refractivity contribution < 1.29 is 9.59 Å². The van der Waals surface area contributed by atoms with Gasteiger partial charge in [-0.25, -0.2) is 4.79 Å². The van der Waals surface area contributed by atoms with Crippen molar-refractivity contribution in [3.63, 3.8) is 0 Å². The molecule has 2 rings (SSSR count). The predicted octanol–water partition coefficient (Wildman–Crippen LogP) is 2.91. The lowest BCUT2D eigenvalue weighted by molar-refractivity contribution is -0.119. The Morgan fingerprint density at radius 3 is 2.50 bits per heavy atom. The van der Waals surface area contributed by atoms with Gasteiger partial charge in [0.1, 0.15) is 0 Å². The first-order chi connectivity index (χ1) is 12.5. The minimum Gasteiger partial charge on any atom is -0.316 e. The van der Waals surface area contributed by atoms with Gasteiger partial charge in [0.2, 0.25) is 0 Å². The Hall–Kier alpha value is -2.32. The van der Waals surface area contributed by atoms with Gasteiger partial charge >= 0.3 is 6.03 Å². The number of likely N-dealkylation sites (tertiary alicyclic amines) is 1. The van der Waals surface area contributed by atoms with Crippen LogP contribution in [0.3, 0.4) is 0 Å². The number of allylic oxidation sites excluding steroid dienone is 5. The molecule has 0 aromatic rings. The Morgan fingerprint density at radius 2 is 1.88 bits per heavy atom. The molecule has 0 aliphatic carbocycles. The largest absolute Gasteiger partial charge is 0.322 e. The minimum atomic E-state index is -0.778. The summed E-state index contributed by atoms with van der Waals surface area (Å²) in [5, 5.41) is 4.70. The van der Waals surface area contributed by atoms with Crippen molar-refractivity contribution in [2.24, 2.45) is 0 Å². The van der Waals surface area contributed by atoms with Crippen LogP contribution >= 0.6 is 0 Å². The van der Waals surface area contributed by atoms with Crippen molar-refractivity contribution in [1.82, 2.24) is 15.5 Å². The van der Waals surface area contributed by atoms with Crippen LogP contribution in [0.2, 0.25) is 0 Å². The van der Waals surface area contributed by atoms with Crippen LogP contribution < -0.4 is 10.6 Å². The summed E-state index contributed by atoms with van der Waals surface area (Å²) in [4.78, 5) is 25.3. The third kappa shape index (κ3) is 6.53. The van der Waals surface area contributed by atoms with E-state index in [1.54, 1.807) is 0 Å². The molecule has 1 unspecified atom stereocenters. The van der Waals surface area contributed by atoms with Gasteiger partial charge < -0.3 is 5.32 Å². The van der Waals surface area contributed by atoms with E-state index in [2.05, 4.69) is 54.2 Å². The molecule has 3 amide bonds. The van der Waals surface area contributed by atoms with Crippen LogP contribution in [-0.4, -0.2) is 42.5 Å².